The predicted molar refractivity (Wildman–Crippen MR) is 76.2 cm³/mol. The molecule has 0 aromatic heterocycles. The summed E-state index contributed by atoms with van der Waals surface area (Å²) in [4.78, 5) is 4.39. The molecule has 98 valence electrons. The van der Waals surface area contributed by atoms with Crippen molar-refractivity contribution in [2.24, 2.45) is 10.9 Å². The Bertz CT molecular complexity index is 470. The lowest BCUT2D eigenvalue weighted by molar-refractivity contribution is 0.536. The van der Waals surface area contributed by atoms with E-state index in [1.807, 2.05) is 6.92 Å². The van der Waals surface area contributed by atoms with Crippen molar-refractivity contribution in [1.29, 1.82) is 0 Å². The molecule has 0 saturated carbocycles. The normalized spacial score (nSPS) is 23.7. The van der Waals surface area contributed by atoms with Gasteiger partial charge in [-0.15, -0.1) is 0 Å². The van der Waals surface area contributed by atoms with Crippen molar-refractivity contribution in [2.75, 3.05) is 11.1 Å². The van der Waals surface area contributed by atoms with E-state index in [0.29, 0.717) is 15.6 Å². The molecule has 2 unspecified atom stereocenters. The molecule has 18 heavy (non-hydrogen) atoms. The number of rotatable bonds is 1. The third-order valence-electron chi connectivity index (χ3n) is 2.87. The van der Waals surface area contributed by atoms with E-state index < -0.39 is 11.6 Å². The summed E-state index contributed by atoms with van der Waals surface area (Å²) in [7, 11) is 0. The SMILES string of the molecule is CC1CSC(Nc2c(F)cc(Br)cc2F)=NC1C. The second-order valence-electron chi connectivity index (χ2n) is 4.33. The standard InChI is InChI=1S/C12H13BrF2N2S/c1-6-5-18-12(16-7(6)2)17-11-9(14)3-8(13)4-10(11)15/h3-4,6-7H,5H2,1-2H3,(H,16,17). The minimum absolute atomic E-state index is 0.147. The Morgan fingerprint density at radius 2 is 1.94 bits per heavy atom. The molecule has 1 aliphatic heterocycles. The summed E-state index contributed by atoms with van der Waals surface area (Å²) in [6.45, 7) is 4.11. The van der Waals surface area contributed by atoms with Crippen molar-refractivity contribution in [3.8, 4) is 0 Å². The Hall–Kier alpha value is -0.620. The van der Waals surface area contributed by atoms with Crippen LogP contribution in [-0.2, 0) is 0 Å². The van der Waals surface area contributed by atoms with Gasteiger partial charge in [-0.1, -0.05) is 34.6 Å². The maximum atomic E-state index is 13.6. The Kier molecular flexibility index (Phi) is 4.27. The quantitative estimate of drug-likeness (QED) is 0.829. The average Bonchev–Trinajstić information content (AvgIpc) is 2.28. The van der Waals surface area contributed by atoms with E-state index in [2.05, 4.69) is 33.2 Å². The van der Waals surface area contributed by atoms with Gasteiger partial charge in [0, 0.05) is 10.2 Å². The Morgan fingerprint density at radius 3 is 2.50 bits per heavy atom. The summed E-state index contributed by atoms with van der Waals surface area (Å²) in [5.74, 6) is 0.111. The molecule has 6 heteroatoms. The molecule has 0 spiro atoms. The van der Waals surface area contributed by atoms with Crippen LogP contribution in [0, 0.1) is 17.6 Å². The molecule has 1 aromatic carbocycles. The van der Waals surface area contributed by atoms with E-state index >= 15 is 0 Å². The van der Waals surface area contributed by atoms with Crippen LogP contribution in [0.4, 0.5) is 14.5 Å². The highest BCUT2D eigenvalue weighted by Gasteiger charge is 2.21. The van der Waals surface area contributed by atoms with Gasteiger partial charge in [0.1, 0.15) is 5.69 Å². The highest BCUT2D eigenvalue weighted by atomic mass is 79.9. The first-order valence-corrected chi connectivity index (χ1v) is 7.37. The van der Waals surface area contributed by atoms with Crippen LogP contribution in [0.5, 0.6) is 0 Å². The fourth-order valence-corrected chi connectivity index (χ4v) is 3.05. The highest BCUT2D eigenvalue weighted by molar-refractivity contribution is 9.10. The zero-order valence-electron chi connectivity index (χ0n) is 10.0. The lowest BCUT2D eigenvalue weighted by atomic mass is 10.1. The third kappa shape index (κ3) is 3.03. The first-order valence-electron chi connectivity index (χ1n) is 5.59. The monoisotopic (exact) mass is 334 g/mol. The van der Waals surface area contributed by atoms with Crippen LogP contribution in [0.25, 0.3) is 0 Å². The van der Waals surface area contributed by atoms with E-state index in [4.69, 9.17) is 0 Å². The number of hydrogen-bond donors (Lipinski definition) is 1. The number of thioether (sulfide) groups is 1. The molecule has 2 rings (SSSR count). The molecule has 2 atom stereocenters. The van der Waals surface area contributed by atoms with Gasteiger partial charge in [-0.05, 0) is 25.0 Å². The maximum absolute atomic E-state index is 13.6. The molecular weight excluding hydrogens is 322 g/mol. The summed E-state index contributed by atoms with van der Waals surface area (Å²) >= 11 is 4.53. The Balaban J connectivity index is 2.23. The van der Waals surface area contributed by atoms with Gasteiger partial charge in [-0.3, -0.25) is 4.99 Å². The van der Waals surface area contributed by atoms with Crippen LogP contribution < -0.4 is 5.32 Å². The summed E-state index contributed by atoms with van der Waals surface area (Å²) in [6, 6.07) is 2.62. The maximum Gasteiger partial charge on any atom is 0.161 e. The predicted octanol–water partition coefficient (Wildman–Crippen LogP) is 4.27. The topological polar surface area (TPSA) is 24.4 Å². The van der Waals surface area contributed by atoms with Gasteiger partial charge < -0.3 is 5.32 Å². The van der Waals surface area contributed by atoms with Gasteiger partial charge in [0.05, 0.1) is 6.04 Å². The van der Waals surface area contributed by atoms with E-state index in [1.54, 1.807) is 0 Å². The van der Waals surface area contributed by atoms with Crippen molar-refractivity contribution >= 4 is 38.5 Å². The van der Waals surface area contributed by atoms with Gasteiger partial charge in [0.2, 0.25) is 0 Å². The number of nitrogens with one attached hydrogen (secondary N) is 1. The molecule has 2 nitrogen and oxygen atoms in total. The highest BCUT2D eigenvalue weighted by Crippen LogP contribution is 2.28. The number of amidine groups is 1. The third-order valence-corrected chi connectivity index (χ3v) is 4.50. The average molecular weight is 335 g/mol. The molecule has 1 N–H and O–H groups in total. The number of benzene rings is 1. The summed E-state index contributed by atoms with van der Waals surface area (Å²) < 4.78 is 27.7. The zero-order valence-corrected chi connectivity index (χ0v) is 12.4. The molecule has 0 saturated heterocycles. The van der Waals surface area contributed by atoms with E-state index in [1.165, 1.54) is 23.9 Å². The summed E-state index contributed by atoms with van der Waals surface area (Å²) in [5, 5.41) is 3.31. The molecule has 0 bridgehead atoms. The lowest BCUT2D eigenvalue weighted by Gasteiger charge is -2.23. The van der Waals surface area contributed by atoms with E-state index in [-0.39, 0.29) is 11.7 Å². The number of aliphatic imine (C=N–C) groups is 1. The van der Waals surface area contributed by atoms with Crippen LogP contribution in [0.15, 0.2) is 21.6 Å². The van der Waals surface area contributed by atoms with E-state index in [0.717, 1.165) is 5.75 Å². The second-order valence-corrected chi connectivity index (χ2v) is 6.26. The van der Waals surface area contributed by atoms with Crippen molar-refractivity contribution in [3.63, 3.8) is 0 Å². The molecule has 1 aliphatic rings. The van der Waals surface area contributed by atoms with Crippen LogP contribution >= 0.6 is 27.7 Å². The van der Waals surface area contributed by atoms with Gasteiger partial charge in [-0.2, -0.15) is 0 Å². The van der Waals surface area contributed by atoms with Crippen LogP contribution in [0.1, 0.15) is 13.8 Å². The molecule has 0 fully saturated rings. The first-order chi connectivity index (χ1) is 8.47. The van der Waals surface area contributed by atoms with Crippen molar-refractivity contribution < 1.29 is 8.78 Å². The van der Waals surface area contributed by atoms with Gasteiger partial charge in [-0.25, -0.2) is 8.78 Å². The van der Waals surface area contributed by atoms with Crippen molar-refractivity contribution in [1.82, 2.24) is 0 Å². The Labute approximate surface area is 117 Å². The molecule has 1 aromatic rings. The number of halogens is 3. The summed E-state index contributed by atoms with van der Waals surface area (Å²) in [6.07, 6.45) is 0. The molecule has 0 aliphatic carbocycles. The largest absolute Gasteiger partial charge is 0.330 e. The fraction of sp³-hybridized carbons (Fsp3) is 0.417. The van der Waals surface area contributed by atoms with Crippen LogP contribution in [0.2, 0.25) is 0 Å². The van der Waals surface area contributed by atoms with Crippen molar-refractivity contribution in [3.05, 3.63) is 28.2 Å². The second kappa shape index (κ2) is 5.57. The molecule has 0 radical (unpaired) electrons. The number of anilines is 1. The van der Waals surface area contributed by atoms with Crippen LogP contribution in [0.3, 0.4) is 0 Å². The number of hydrogen-bond acceptors (Lipinski definition) is 3. The molecule has 0 amide bonds. The smallest absolute Gasteiger partial charge is 0.161 e. The van der Waals surface area contributed by atoms with Gasteiger partial charge in [0.25, 0.3) is 0 Å². The Morgan fingerprint density at radius 1 is 1.33 bits per heavy atom. The first kappa shape index (κ1) is 13.8. The summed E-state index contributed by atoms with van der Waals surface area (Å²) in [5.41, 5.74) is -0.147. The minimum Gasteiger partial charge on any atom is -0.330 e. The van der Waals surface area contributed by atoms with Crippen molar-refractivity contribution in [2.45, 2.75) is 19.9 Å². The van der Waals surface area contributed by atoms with E-state index in [9.17, 15) is 8.78 Å². The minimum atomic E-state index is -0.628. The van der Waals surface area contributed by atoms with Gasteiger partial charge in [0.15, 0.2) is 16.8 Å². The van der Waals surface area contributed by atoms with Gasteiger partial charge >= 0.3 is 0 Å². The molecular formula is C12H13BrF2N2S. The fourth-order valence-electron chi connectivity index (χ4n) is 1.54. The zero-order chi connectivity index (χ0) is 13.3. The lowest BCUT2D eigenvalue weighted by Crippen LogP contribution is -2.25. The number of nitrogens with zero attached hydrogens (tertiary/aromatic N) is 1. The molecule has 1 heterocycles. The van der Waals surface area contributed by atoms with Crippen LogP contribution in [-0.4, -0.2) is 17.0 Å².